The van der Waals surface area contributed by atoms with E-state index in [1.54, 1.807) is 0 Å². The van der Waals surface area contributed by atoms with Crippen LogP contribution in [0.15, 0.2) is 22.9 Å². The number of nitrogens with two attached hydrogens (primary N) is 1. The molecule has 2 aliphatic rings. The molecule has 1 aliphatic carbocycles. The quantitative estimate of drug-likeness (QED) is 0.840. The molecular formula is C17H21N5. The Morgan fingerprint density at radius 3 is 2.45 bits per heavy atom. The molecule has 1 aliphatic heterocycles. The van der Waals surface area contributed by atoms with Gasteiger partial charge in [-0.3, -0.25) is 4.90 Å². The lowest BCUT2D eigenvalue weighted by Gasteiger charge is -2.46. The predicted molar refractivity (Wildman–Crippen MR) is 82.5 cm³/mol. The van der Waals surface area contributed by atoms with Gasteiger partial charge in [-0.1, -0.05) is 13.0 Å². The zero-order valence-electron chi connectivity index (χ0n) is 13.3. The van der Waals surface area contributed by atoms with Crippen LogP contribution >= 0.6 is 0 Å². The Balaban J connectivity index is 2.66. The van der Waals surface area contributed by atoms with Crippen molar-refractivity contribution in [2.45, 2.75) is 33.2 Å². The van der Waals surface area contributed by atoms with Crippen LogP contribution in [-0.4, -0.2) is 24.0 Å². The summed E-state index contributed by atoms with van der Waals surface area (Å²) in [4.78, 5) is 2.30. The first kappa shape index (κ1) is 16.1. The van der Waals surface area contributed by atoms with Crippen LogP contribution in [0.5, 0.6) is 0 Å². The molecule has 0 saturated heterocycles. The highest BCUT2D eigenvalue weighted by molar-refractivity contribution is 5.56. The number of hydrogen-bond acceptors (Lipinski definition) is 5. The zero-order valence-corrected chi connectivity index (χ0v) is 13.3. The molecular weight excluding hydrogens is 274 g/mol. The van der Waals surface area contributed by atoms with Crippen molar-refractivity contribution in [3.8, 4) is 18.2 Å². The molecule has 5 nitrogen and oxygen atoms in total. The number of nitrogens with zero attached hydrogens (tertiary/aromatic N) is 4. The molecule has 0 aromatic carbocycles. The number of rotatable bonds is 2. The van der Waals surface area contributed by atoms with Crippen molar-refractivity contribution in [1.82, 2.24) is 4.90 Å². The minimum absolute atomic E-state index is 0.00222. The van der Waals surface area contributed by atoms with Crippen LogP contribution in [0.25, 0.3) is 0 Å². The van der Waals surface area contributed by atoms with E-state index in [9.17, 15) is 15.8 Å². The van der Waals surface area contributed by atoms with Crippen LogP contribution in [0.2, 0.25) is 0 Å². The molecule has 0 spiro atoms. The molecule has 22 heavy (non-hydrogen) atoms. The lowest BCUT2D eigenvalue weighted by atomic mass is 9.59. The zero-order chi connectivity index (χ0) is 16.5. The lowest BCUT2D eigenvalue weighted by Crippen LogP contribution is -2.50. The summed E-state index contributed by atoms with van der Waals surface area (Å²) in [6, 6.07) is 6.74. The SMILES string of the molecule is CCC1C2CN(C(C)C)CC=C2C(C#N)=C(N)C1(C#N)C#N. The Morgan fingerprint density at radius 1 is 1.36 bits per heavy atom. The Hall–Kier alpha value is -2.29. The molecule has 1 heterocycles. The van der Waals surface area contributed by atoms with Gasteiger partial charge in [0.15, 0.2) is 5.41 Å². The normalized spacial score (nSPS) is 27.4. The van der Waals surface area contributed by atoms with Gasteiger partial charge in [-0.25, -0.2) is 0 Å². The highest BCUT2D eigenvalue weighted by Crippen LogP contribution is 2.50. The van der Waals surface area contributed by atoms with Gasteiger partial charge in [0.05, 0.1) is 23.4 Å². The first-order valence-electron chi connectivity index (χ1n) is 7.64. The molecule has 114 valence electrons. The van der Waals surface area contributed by atoms with Gasteiger partial charge in [0.1, 0.15) is 6.07 Å². The Labute approximate surface area is 131 Å². The molecule has 0 amide bonds. The number of hydrogen-bond donors (Lipinski definition) is 1. The van der Waals surface area contributed by atoms with Gasteiger partial charge in [-0.05, 0) is 25.8 Å². The minimum atomic E-state index is -1.40. The van der Waals surface area contributed by atoms with E-state index in [1.165, 1.54) is 0 Å². The summed E-state index contributed by atoms with van der Waals surface area (Å²) >= 11 is 0. The van der Waals surface area contributed by atoms with Crippen molar-refractivity contribution in [3.63, 3.8) is 0 Å². The summed E-state index contributed by atoms with van der Waals surface area (Å²) in [5, 5.41) is 28.8. The fourth-order valence-corrected chi connectivity index (χ4v) is 3.73. The summed E-state index contributed by atoms with van der Waals surface area (Å²) in [5.41, 5.74) is 6.10. The molecule has 0 fully saturated rings. The smallest absolute Gasteiger partial charge is 0.187 e. The second-order valence-corrected chi connectivity index (χ2v) is 6.26. The van der Waals surface area contributed by atoms with Crippen LogP contribution in [0.4, 0.5) is 0 Å². The highest BCUT2D eigenvalue weighted by Gasteiger charge is 2.52. The van der Waals surface area contributed by atoms with Crippen LogP contribution in [0.3, 0.4) is 0 Å². The second kappa shape index (κ2) is 5.84. The van der Waals surface area contributed by atoms with E-state index in [4.69, 9.17) is 5.73 Å². The lowest BCUT2D eigenvalue weighted by molar-refractivity contribution is 0.141. The topological polar surface area (TPSA) is 101 Å². The summed E-state index contributed by atoms with van der Waals surface area (Å²) in [6.45, 7) is 7.75. The fourth-order valence-electron chi connectivity index (χ4n) is 3.73. The number of nitriles is 3. The summed E-state index contributed by atoms with van der Waals surface area (Å²) in [7, 11) is 0. The number of fused-ring (bicyclic) bond motifs is 1. The van der Waals surface area contributed by atoms with Crippen molar-refractivity contribution in [2.75, 3.05) is 13.1 Å². The van der Waals surface area contributed by atoms with Crippen LogP contribution in [-0.2, 0) is 0 Å². The molecule has 0 saturated carbocycles. The molecule has 2 atom stereocenters. The molecule has 5 heteroatoms. The van der Waals surface area contributed by atoms with Crippen molar-refractivity contribution in [2.24, 2.45) is 23.0 Å². The van der Waals surface area contributed by atoms with Crippen molar-refractivity contribution < 1.29 is 0 Å². The van der Waals surface area contributed by atoms with Gasteiger partial charge < -0.3 is 5.73 Å². The van der Waals surface area contributed by atoms with Crippen molar-refractivity contribution in [3.05, 3.63) is 22.9 Å². The first-order chi connectivity index (χ1) is 10.5. The summed E-state index contributed by atoms with van der Waals surface area (Å²) < 4.78 is 0. The standard InChI is InChI=1S/C17H21N5/c1-4-15-14-8-22(11(2)3)6-5-12(14)13(7-18)16(21)17(15,9-19)10-20/h5,11,14-15H,4,6,8,21H2,1-3H3. The third-order valence-electron chi connectivity index (χ3n) is 5.04. The molecule has 0 radical (unpaired) electrons. The fraction of sp³-hybridized carbons (Fsp3) is 0.588. The Bertz CT molecular complexity index is 636. The molecule has 2 rings (SSSR count). The van der Waals surface area contributed by atoms with Crippen molar-refractivity contribution in [1.29, 1.82) is 15.8 Å². The first-order valence-corrected chi connectivity index (χ1v) is 7.64. The van der Waals surface area contributed by atoms with Gasteiger partial charge in [0.2, 0.25) is 0 Å². The van der Waals surface area contributed by atoms with Gasteiger partial charge in [-0.2, -0.15) is 15.8 Å². The molecule has 0 bridgehead atoms. The average Bonchev–Trinajstić information content (AvgIpc) is 2.53. The van der Waals surface area contributed by atoms with Crippen LogP contribution in [0.1, 0.15) is 27.2 Å². The van der Waals surface area contributed by atoms with E-state index in [-0.39, 0.29) is 17.5 Å². The van der Waals surface area contributed by atoms with Crippen LogP contribution in [0, 0.1) is 51.2 Å². The summed E-state index contributed by atoms with van der Waals surface area (Å²) in [6.07, 6.45) is 2.72. The van der Waals surface area contributed by atoms with E-state index >= 15 is 0 Å². The predicted octanol–water partition coefficient (Wildman–Crippen LogP) is 2.06. The third-order valence-corrected chi connectivity index (χ3v) is 5.04. The Kier molecular flexibility index (Phi) is 4.27. The molecule has 0 aromatic rings. The van der Waals surface area contributed by atoms with E-state index in [0.29, 0.717) is 18.0 Å². The van der Waals surface area contributed by atoms with Gasteiger partial charge in [0, 0.05) is 31.0 Å². The maximum Gasteiger partial charge on any atom is 0.187 e. The van der Waals surface area contributed by atoms with E-state index in [1.807, 2.05) is 13.0 Å². The average molecular weight is 295 g/mol. The molecule has 2 unspecified atom stereocenters. The van der Waals surface area contributed by atoms with Gasteiger partial charge >= 0.3 is 0 Å². The molecule has 2 N–H and O–H groups in total. The maximum absolute atomic E-state index is 9.66. The van der Waals surface area contributed by atoms with Gasteiger partial charge in [0.25, 0.3) is 0 Å². The third kappa shape index (κ3) is 2.08. The van der Waals surface area contributed by atoms with E-state index in [2.05, 4.69) is 37.0 Å². The van der Waals surface area contributed by atoms with Crippen molar-refractivity contribution >= 4 is 0 Å². The van der Waals surface area contributed by atoms with E-state index < -0.39 is 5.41 Å². The number of allylic oxidation sites excluding steroid dienone is 2. The second-order valence-electron chi connectivity index (χ2n) is 6.26. The minimum Gasteiger partial charge on any atom is -0.399 e. The maximum atomic E-state index is 9.66. The molecule has 0 aromatic heterocycles. The largest absolute Gasteiger partial charge is 0.399 e. The Morgan fingerprint density at radius 2 is 2.00 bits per heavy atom. The summed E-state index contributed by atoms with van der Waals surface area (Å²) in [5.74, 6) is -0.185. The van der Waals surface area contributed by atoms with Gasteiger partial charge in [-0.15, -0.1) is 0 Å². The monoisotopic (exact) mass is 295 g/mol. The van der Waals surface area contributed by atoms with Crippen LogP contribution < -0.4 is 5.73 Å². The van der Waals surface area contributed by atoms with E-state index in [0.717, 1.165) is 18.7 Å². The highest BCUT2D eigenvalue weighted by atomic mass is 15.2.